The van der Waals surface area contributed by atoms with Crippen molar-refractivity contribution in [3.05, 3.63) is 64.7 Å². The van der Waals surface area contributed by atoms with E-state index in [0.29, 0.717) is 12.2 Å². The lowest BCUT2D eigenvalue weighted by Crippen LogP contribution is -1.98. The number of benzene rings is 2. The Bertz CT molecular complexity index is 716. The van der Waals surface area contributed by atoms with Crippen molar-refractivity contribution in [3.63, 3.8) is 0 Å². The van der Waals surface area contributed by atoms with Crippen LogP contribution in [0.4, 0.5) is 0 Å². The van der Waals surface area contributed by atoms with Gasteiger partial charge in [0, 0.05) is 5.56 Å². The molecule has 0 bridgehead atoms. The number of hydrogen-bond acceptors (Lipinski definition) is 3. The third kappa shape index (κ3) is 4.11. The number of aryl methyl sites for hydroxylation is 1. The highest BCUT2D eigenvalue weighted by Gasteiger charge is 2.01. The fraction of sp³-hybridized carbons (Fsp3) is 0.167. The molecule has 3 nitrogen and oxygen atoms in total. The van der Waals surface area contributed by atoms with Crippen molar-refractivity contribution in [3.8, 4) is 23.7 Å². The average Bonchev–Trinajstić information content (AvgIpc) is 2.52. The smallest absolute Gasteiger partial charge is 0.119 e. The van der Waals surface area contributed by atoms with Gasteiger partial charge >= 0.3 is 0 Å². The van der Waals surface area contributed by atoms with Crippen LogP contribution in [0.1, 0.15) is 22.3 Å². The number of nitriles is 1. The highest BCUT2D eigenvalue weighted by Crippen LogP contribution is 2.16. The van der Waals surface area contributed by atoms with Gasteiger partial charge in [0.2, 0.25) is 0 Å². The molecule has 0 saturated heterocycles. The largest absolute Gasteiger partial charge is 0.489 e. The van der Waals surface area contributed by atoms with Gasteiger partial charge < -0.3 is 9.84 Å². The Morgan fingerprint density at radius 1 is 1.10 bits per heavy atom. The van der Waals surface area contributed by atoms with Gasteiger partial charge in [0.1, 0.15) is 19.0 Å². The highest BCUT2D eigenvalue weighted by atomic mass is 16.5. The first kappa shape index (κ1) is 14.7. The molecule has 0 saturated carbocycles. The van der Waals surface area contributed by atoms with E-state index in [1.54, 1.807) is 6.07 Å². The molecule has 0 heterocycles. The third-order valence-corrected chi connectivity index (χ3v) is 3.03. The van der Waals surface area contributed by atoms with E-state index in [1.807, 2.05) is 43.3 Å². The number of aliphatic hydroxyl groups is 1. The first-order valence-corrected chi connectivity index (χ1v) is 6.55. The molecule has 0 aliphatic rings. The predicted molar refractivity (Wildman–Crippen MR) is 80.6 cm³/mol. The summed E-state index contributed by atoms with van der Waals surface area (Å²) in [5.41, 5.74) is 3.59. The molecule has 1 N–H and O–H groups in total. The number of hydrogen-bond donors (Lipinski definition) is 1. The van der Waals surface area contributed by atoms with Gasteiger partial charge in [0.25, 0.3) is 0 Å². The van der Waals surface area contributed by atoms with E-state index >= 15 is 0 Å². The zero-order chi connectivity index (χ0) is 15.1. The van der Waals surface area contributed by atoms with E-state index in [0.717, 1.165) is 22.4 Å². The Balaban J connectivity index is 2.01. The zero-order valence-corrected chi connectivity index (χ0v) is 11.8. The van der Waals surface area contributed by atoms with Crippen LogP contribution in [0.25, 0.3) is 0 Å². The van der Waals surface area contributed by atoms with E-state index in [4.69, 9.17) is 15.1 Å². The lowest BCUT2D eigenvalue weighted by molar-refractivity contribution is 0.305. The van der Waals surface area contributed by atoms with Crippen LogP contribution in [-0.2, 0) is 6.61 Å². The molecule has 104 valence electrons. The molecule has 2 aromatic carbocycles. The van der Waals surface area contributed by atoms with Crippen molar-refractivity contribution < 1.29 is 9.84 Å². The van der Waals surface area contributed by atoms with E-state index in [-0.39, 0.29) is 6.61 Å². The molecular weight excluding hydrogens is 262 g/mol. The molecule has 0 radical (unpaired) electrons. The summed E-state index contributed by atoms with van der Waals surface area (Å²) in [5, 5.41) is 17.5. The fourth-order valence-corrected chi connectivity index (χ4v) is 1.86. The SMILES string of the molecule is Cc1cc(C#N)ccc1COc1ccc(C#CCO)cc1. The second kappa shape index (κ2) is 7.14. The molecule has 0 aliphatic heterocycles. The van der Waals surface area contributed by atoms with Crippen molar-refractivity contribution in [2.75, 3.05) is 6.61 Å². The van der Waals surface area contributed by atoms with Crippen LogP contribution < -0.4 is 4.74 Å². The Morgan fingerprint density at radius 3 is 2.43 bits per heavy atom. The molecule has 0 unspecified atom stereocenters. The van der Waals surface area contributed by atoms with Gasteiger partial charge in [-0.15, -0.1) is 0 Å². The Kier molecular flexibility index (Phi) is 4.99. The van der Waals surface area contributed by atoms with Gasteiger partial charge in [-0.3, -0.25) is 0 Å². The summed E-state index contributed by atoms with van der Waals surface area (Å²) in [6.45, 7) is 2.28. The quantitative estimate of drug-likeness (QED) is 0.878. The maximum Gasteiger partial charge on any atom is 0.119 e. The first-order chi connectivity index (χ1) is 10.2. The summed E-state index contributed by atoms with van der Waals surface area (Å²) in [6, 6.07) is 15.1. The first-order valence-electron chi connectivity index (χ1n) is 6.55. The summed E-state index contributed by atoms with van der Waals surface area (Å²) in [5.74, 6) is 6.19. The number of aliphatic hydroxyl groups excluding tert-OH is 1. The molecule has 0 atom stereocenters. The standard InChI is InChI=1S/C18H15NO2/c1-14-11-16(12-19)4-7-17(14)13-21-18-8-5-15(6-9-18)3-2-10-20/h4-9,11,20H,10,13H2,1H3. The van der Waals surface area contributed by atoms with E-state index in [2.05, 4.69) is 17.9 Å². The van der Waals surface area contributed by atoms with Crippen molar-refractivity contribution in [1.82, 2.24) is 0 Å². The highest BCUT2D eigenvalue weighted by molar-refractivity contribution is 5.39. The van der Waals surface area contributed by atoms with Gasteiger partial charge in [-0.05, 0) is 54.4 Å². The van der Waals surface area contributed by atoms with Crippen LogP contribution in [0.5, 0.6) is 5.75 Å². The molecule has 21 heavy (non-hydrogen) atoms. The summed E-state index contributed by atoms with van der Waals surface area (Å²) < 4.78 is 5.73. The molecule has 0 amide bonds. The Labute approximate surface area is 124 Å². The molecule has 2 rings (SSSR count). The van der Waals surface area contributed by atoms with Crippen LogP contribution in [0.15, 0.2) is 42.5 Å². The van der Waals surface area contributed by atoms with Crippen LogP contribution in [0.3, 0.4) is 0 Å². The van der Waals surface area contributed by atoms with Crippen LogP contribution in [0.2, 0.25) is 0 Å². The Morgan fingerprint density at radius 2 is 1.81 bits per heavy atom. The third-order valence-electron chi connectivity index (χ3n) is 3.03. The second-order valence-electron chi connectivity index (χ2n) is 4.53. The van der Waals surface area contributed by atoms with Crippen LogP contribution >= 0.6 is 0 Å². The molecule has 0 fully saturated rings. The number of ether oxygens (including phenoxy) is 1. The van der Waals surface area contributed by atoms with E-state index in [1.165, 1.54) is 0 Å². The maximum absolute atomic E-state index is 8.84. The normalized spacial score (nSPS) is 9.38. The van der Waals surface area contributed by atoms with Gasteiger partial charge in [0.15, 0.2) is 0 Å². The zero-order valence-electron chi connectivity index (χ0n) is 11.8. The molecular formula is C18H15NO2. The molecule has 3 heteroatoms. The summed E-state index contributed by atoms with van der Waals surface area (Å²) >= 11 is 0. The summed E-state index contributed by atoms with van der Waals surface area (Å²) in [4.78, 5) is 0. The average molecular weight is 277 g/mol. The van der Waals surface area contributed by atoms with Crippen molar-refractivity contribution in [2.45, 2.75) is 13.5 Å². The van der Waals surface area contributed by atoms with Gasteiger partial charge in [0.05, 0.1) is 11.6 Å². The van der Waals surface area contributed by atoms with Gasteiger partial charge in [-0.2, -0.15) is 5.26 Å². The lowest BCUT2D eigenvalue weighted by atomic mass is 10.1. The maximum atomic E-state index is 8.84. The fourth-order valence-electron chi connectivity index (χ4n) is 1.86. The number of nitrogens with zero attached hydrogens (tertiary/aromatic N) is 1. The van der Waals surface area contributed by atoms with Gasteiger partial charge in [-0.25, -0.2) is 0 Å². The van der Waals surface area contributed by atoms with Crippen LogP contribution in [-0.4, -0.2) is 11.7 Å². The van der Waals surface area contributed by atoms with Crippen molar-refractivity contribution in [1.29, 1.82) is 5.26 Å². The topological polar surface area (TPSA) is 53.2 Å². The molecule has 0 spiro atoms. The summed E-state index contributed by atoms with van der Waals surface area (Å²) in [6.07, 6.45) is 0. The number of rotatable bonds is 3. The van der Waals surface area contributed by atoms with Crippen molar-refractivity contribution in [2.24, 2.45) is 0 Å². The minimum atomic E-state index is -0.143. The molecule has 0 aliphatic carbocycles. The minimum absolute atomic E-state index is 0.143. The lowest BCUT2D eigenvalue weighted by Gasteiger charge is -2.09. The van der Waals surface area contributed by atoms with Gasteiger partial charge in [-0.1, -0.05) is 17.9 Å². The second-order valence-corrected chi connectivity index (χ2v) is 4.53. The van der Waals surface area contributed by atoms with E-state index in [9.17, 15) is 0 Å². The summed E-state index contributed by atoms with van der Waals surface area (Å²) in [7, 11) is 0. The molecule has 0 aromatic heterocycles. The minimum Gasteiger partial charge on any atom is -0.489 e. The van der Waals surface area contributed by atoms with E-state index < -0.39 is 0 Å². The predicted octanol–water partition coefficient (Wildman–Crippen LogP) is 2.79. The van der Waals surface area contributed by atoms with Crippen LogP contribution in [0, 0.1) is 30.1 Å². The molecule has 2 aromatic rings. The monoisotopic (exact) mass is 277 g/mol. The Hall–Kier alpha value is -2.75. The van der Waals surface area contributed by atoms with Crippen molar-refractivity contribution >= 4 is 0 Å².